The van der Waals surface area contributed by atoms with Gasteiger partial charge in [-0.25, -0.2) is 13.1 Å². The van der Waals surface area contributed by atoms with E-state index >= 15 is 0 Å². The summed E-state index contributed by atoms with van der Waals surface area (Å²) < 4.78 is 28.3. The molecule has 2 aromatic rings. The molecular formula is C14H19N3O3S. The summed E-state index contributed by atoms with van der Waals surface area (Å²) in [7, 11) is -1.54. The van der Waals surface area contributed by atoms with Crippen LogP contribution in [0.4, 0.5) is 0 Å². The molecule has 114 valence electrons. The highest BCUT2D eigenvalue weighted by molar-refractivity contribution is 7.88. The molecule has 2 rings (SSSR count). The first kappa shape index (κ1) is 15.7. The first-order chi connectivity index (χ1) is 10.00. The molecular weight excluding hydrogens is 290 g/mol. The Morgan fingerprint density at radius 3 is 2.43 bits per heavy atom. The van der Waals surface area contributed by atoms with Crippen molar-refractivity contribution in [2.75, 3.05) is 6.54 Å². The Labute approximate surface area is 124 Å². The fourth-order valence-electron chi connectivity index (χ4n) is 1.99. The van der Waals surface area contributed by atoms with Crippen LogP contribution in [0.15, 0.2) is 36.5 Å². The van der Waals surface area contributed by atoms with E-state index in [1.165, 1.54) is 0 Å². The summed E-state index contributed by atoms with van der Waals surface area (Å²) in [5, 5.41) is 13.0. The third-order valence-corrected chi connectivity index (χ3v) is 4.55. The molecule has 1 aromatic carbocycles. The van der Waals surface area contributed by atoms with Gasteiger partial charge in [-0.1, -0.05) is 24.3 Å². The highest BCUT2D eigenvalue weighted by atomic mass is 32.2. The fraction of sp³-hybridized carbons (Fsp3) is 0.357. The lowest BCUT2D eigenvalue weighted by Crippen LogP contribution is -2.27. The molecule has 0 amide bonds. The van der Waals surface area contributed by atoms with Crippen LogP contribution in [0.25, 0.3) is 0 Å². The molecule has 0 fully saturated rings. The minimum Gasteiger partial charge on any atom is -0.392 e. The largest absolute Gasteiger partial charge is 0.392 e. The zero-order valence-electron chi connectivity index (χ0n) is 11.9. The predicted octanol–water partition coefficient (Wildman–Crippen LogP) is 0.574. The lowest BCUT2D eigenvalue weighted by Gasteiger charge is -2.07. The molecule has 6 nitrogen and oxygen atoms in total. The molecule has 0 atom stereocenters. The maximum absolute atomic E-state index is 12.0. The van der Waals surface area contributed by atoms with Crippen molar-refractivity contribution in [2.24, 2.45) is 7.05 Å². The molecule has 0 saturated carbocycles. The number of nitrogens with zero attached hydrogens (tertiary/aromatic N) is 2. The molecule has 0 aliphatic carbocycles. The van der Waals surface area contributed by atoms with Crippen LogP contribution in [0.5, 0.6) is 0 Å². The van der Waals surface area contributed by atoms with Gasteiger partial charge in [-0.3, -0.25) is 4.68 Å². The summed E-state index contributed by atoms with van der Waals surface area (Å²) in [5.41, 5.74) is 2.44. The Morgan fingerprint density at radius 1 is 1.19 bits per heavy atom. The second-order valence-corrected chi connectivity index (χ2v) is 6.63. The van der Waals surface area contributed by atoms with Gasteiger partial charge in [0.05, 0.1) is 12.4 Å². The standard InChI is InChI=1S/C14H19N3O3S/c1-17-14(6-8-15-17)7-9-16-21(19,20)11-13-4-2-12(10-18)3-5-13/h2-6,8,16,18H,7,9-11H2,1H3. The summed E-state index contributed by atoms with van der Waals surface area (Å²) in [4.78, 5) is 0. The van der Waals surface area contributed by atoms with Crippen LogP contribution in [0.2, 0.25) is 0 Å². The van der Waals surface area contributed by atoms with Gasteiger partial charge < -0.3 is 5.11 Å². The molecule has 0 spiro atoms. The van der Waals surface area contributed by atoms with Gasteiger partial charge in [0.25, 0.3) is 0 Å². The van der Waals surface area contributed by atoms with E-state index in [0.29, 0.717) is 18.5 Å². The number of aliphatic hydroxyl groups is 1. The number of aliphatic hydroxyl groups excluding tert-OH is 1. The highest BCUT2D eigenvalue weighted by Gasteiger charge is 2.11. The van der Waals surface area contributed by atoms with E-state index in [1.54, 1.807) is 35.1 Å². The van der Waals surface area contributed by atoms with Crippen molar-refractivity contribution in [1.82, 2.24) is 14.5 Å². The second kappa shape index (κ2) is 6.84. The molecule has 0 radical (unpaired) electrons. The zero-order valence-corrected chi connectivity index (χ0v) is 12.7. The molecule has 2 N–H and O–H groups in total. The van der Waals surface area contributed by atoms with Gasteiger partial charge in [-0.15, -0.1) is 0 Å². The van der Waals surface area contributed by atoms with Gasteiger partial charge in [0.15, 0.2) is 0 Å². The number of hydrogen-bond donors (Lipinski definition) is 2. The van der Waals surface area contributed by atoms with Gasteiger partial charge in [0.2, 0.25) is 10.0 Å². The Kier molecular flexibility index (Phi) is 5.11. The molecule has 7 heteroatoms. The molecule has 0 saturated heterocycles. The number of aromatic nitrogens is 2. The average Bonchev–Trinajstić information content (AvgIpc) is 2.85. The minimum atomic E-state index is -3.36. The Hall–Kier alpha value is -1.70. The number of nitrogens with one attached hydrogen (secondary N) is 1. The number of sulfonamides is 1. The third kappa shape index (κ3) is 4.66. The quantitative estimate of drug-likeness (QED) is 0.783. The lowest BCUT2D eigenvalue weighted by atomic mass is 10.2. The van der Waals surface area contributed by atoms with Gasteiger partial charge in [0.1, 0.15) is 0 Å². The molecule has 1 aromatic heterocycles. The van der Waals surface area contributed by atoms with Crippen LogP contribution in [0, 0.1) is 0 Å². The van der Waals surface area contributed by atoms with Crippen molar-refractivity contribution < 1.29 is 13.5 Å². The van der Waals surface area contributed by atoms with Gasteiger partial charge in [-0.2, -0.15) is 5.10 Å². The van der Waals surface area contributed by atoms with Crippen molar-refractivity contribution in [2.45, 2.75) is 18.8 Å². The van der Waals surface area contributed by atoms with E-state index in [1.807, 2.05) is 13.1 Å². The summed E-state index contributed by atoms with van der Waals surface area (Å²) in [6.07, 6.45) is 2.28. The number of hydrogen-bond acceptors (Lipinski definition) is 4. The Bertz CT molecular complexity index is 678. The van der Waals surface area contributed by atoms with Gasteiger partial charge in [-0.05, 0) is 17.2 Å². The summed E-state index contributed by atoms with van der Waals surface area (Å²) in [6.45, 7) is 0.298. The van der Waals surface area contributed by atoms with Crippen molar-refractivity contribution in [1.29, 1.82) is 0 Å². The van der Waals surface area contributed by atoms with Crippen LogP contribution in [-0.2, 0) is 35.9 Å². The SMILES string of the molecule is Cn1nccc1CCNS(=O)(=O)Cc1ccc(CO)cc1. The maximum atomic E-state index is 12.0. The van der Waals surface area contributed by atoms with Crippen molar-refractivity contribution in [3.63, 3.8) is 0 Å². The van der Waals surface area contributed by atoms with Crippen LogP contribution < -0.4 is 4.72 Å². The highest BCUT2D eigenvalue weighted by Crippen LogP contribution is 2.08. The lowest BCUT2D eigenvalue weighted by molar-refractivity contribution is 0.282. The van der Waals surface area contributed by atoms with Gasteiger partial charge in [0, 0.05) is 31.9 Å². The maximum Gasteiger partial charge on any atom is 0.215 e. The number of aryl methyl sites for hydroxylation is 1. The zero-order chi connectivity index (χ0) is 15.3. The molecule has 0 aliphatic rings. The van der Waals surface area contributed by atoms with E-state index in [0.717, 1.165) is 11.3 Å². The second-order valence-electron chi connectivity index (χ2n) is 4.82. The van der Waals surface area contributed by atoms with Crippen LogP contribution in [0.3, 0.4) is 0 Å². The summed E-state index contributed by atoms with van der Waals surface area (Å²) in [5.74, 6) is -0.0654. The van der Waals surface area contributed by atoms with E-state index < -0.39 is 10.0 Å². The first-order valence-corrected chi connectivity index (χ1v) is 8.28. The smallest absolute Gasteiger partial charge is 0.215 e. The molecule has 21 heavy (non-hydrogen) atoms. The van der Waals surface area contributed by atoms with Crippen molar-refractivity contribution >= 4 is 10.0 Å². The van der Waals surface area contributed by atoms with E-state index in [9.17, 15) is 8.42 Å². The van der Waals surface area contributed by atoms with Gasteiger partial charge >= 0.3 is 0 Å². The van der Waals surface area contributed by atoms with Crippen LogP contribution in [0.1, 0.15) is 16.8 Å². The average molecular weight is 309 g/mol. The number of benzene rings is 1. The molecule has 0 unspecified atom stereocenters. The normalized spacial score (nSPS) is 11.7. The third-order valence-electron chi connectivity index (χ3n) is 3.19. The Morgan fingerprint density at radius 2 is 1.86 bits per heavy atom. The summed E-state index contributed by atoms with van der Waals surface area (Å²) >= 11 is 0. The molecule has 0 aliphatic heterocycles. The van der Waals surface area contributed by atoms with E-state index in [-0.39, 0.29) is 12.4 Å². The molecule has 0 bridgehead atoms. The fourth-order valence-corrected chi connectivity index (χ4v) is 3.14. The summed E-state index contributed by atoms with van der Waals surface area (Å²) in [6, 6.07) is 8.74. The Balaban J connectivity index is 1.88. The van der Waals surface area contributed by atoms with E-state index in [4.69, 9.17) is 5.11 Å². The topological polar surface area (TPSA) is 84.2 Å². The van der Waals surface area contributed by atoms with Crippen molar-refractivity contribution in [3.05, 3.63) is 53.3 Å². The monoisotopic (exact) mass is 309 g/mol. The number of rotatable bonds is 7. The van der Waals surface area contributed by atoms with Crippen LogP contribution >= 0.6 is 0 Å². The molecule has 1 heterocycles. The van der Waals surface area contributed by atoms with Crippen LogP contribution in [-0.4, -0.2) is 29.8 Å². The first-order valence-electron chi connectivity index (χ1n) is 6.63. The van der Waals surface area contributed by atoms with E-state index in [2.05, 4.69) is 9.82 Å². The van der Waals surface area contributed by atoms with Crippen molar-refractivity contribution in [3.8, 4) is 0 Å². The minimum absolute atomic E-state index is 0.0457. The predicted molar refractivity (Wildman–Crippen MR) is 79.9 cm³/mol.